The predicted octanol–water partition coefficient (Wildman–Crippen LogP) is -1.23. The van der Waals surface area contributed by atoms with Crippen LogP contribution in [-0.4, -0.2) is 210 Å². The van der Waals surface area contributed by atoms with Gasteiger partial charge in [-0.1, -0.05) is 51.5 Å². The molecule has 27 unspecified atom stereocenters. The largest absolute Gasteiger partial charge is 0.432 e. The van der Waals surface area contributed by atoms with Crippen molar-refractivity contribution in [2.45, 2.75) is 222 Å². The van der Waals surface area contributed by atoms with Crippen molar-refractivity contribution < 1.29 is 104 Å². The molecule has 9 aliphatic rings. The Hall–Kier alpha value is -1.81. The molecule has 5 aliphatic carbocycles. The molecule has 0 amide bonds. The molecule has 4 saturated heterocycles. The zero-order chi connectivity index (χ0) is 52.1. The molecule has 4 saturated carbocycles. The molecule has 0 aromatic rings. The molecule has 0 bridgehead atoms. The van der Waals surface area contributed by atoms with E-state index in [0.29, 0.717) is 43.9 Å². The quantitative estimate of drug-likeness (QED) is 0.0693. The van der Waals surface area contributed by atoms with Gasteiger partial charge in [0, 0.05) is 5.92 Å². The molecule has 27 atom stereocenters. The van der Waals surface area contributed by atoms with Gasteiger partial charge in [-0.15, -0.1) is 0 Å². The summed E-state index contributed by atoms with van der Waals surface area (Å²) in [4.78, 5) is 14.9. The summed E-state index contributed by atoms with van der Waals surface area (Å²) in [6.07, 6.45) is -20.0. The van der Waals surface area contributed by atoms with Crippen molar-refractivity contribution in [2.75, 3.05) is 19.8 Å². The van der Waals surface area contributed by atoms with Crippen molar-refractivity contribution >= 4 is 5.97 Å². The lowest BCUT2D eigenvalue weighted by atomic mass is 9.38. The van der Waals surface area contributed by atoms with Gasteiger partial charge >= 0.3 is 5.97 Å². The van der Waals surface area contributed by atoms with E-state index in [1.54, 1.807) is 0 Å². The van der Waals surface area contributed by atoms with E-state index in [1.807, 2.05) is 0 Å². The van der Waals surface area contributed by atoms with Crippen LogP contribution < -0.4 is 0 Å². The van der Waals surface area contributed by atoms with Gasteiger partial charge in [0.05, 0.1) is 37.4 Å². The third-order valence-corrected chi connectivity index (χ3v) is 19.6. The van der Waals surface area contributed by atoms with Gasteiger partial charge in [-0.25, -0.2) is 0 Å². The first-order valence-electron chi connectivity index (χ1n) is 26.1. The second-order valence-electron chi connectivity index (χ2n) is 23.8. The van der Waals surface area contributed by atoms with Crippen LogP contribution in [-0.2, 0) is 42.7 Å². The van der Waals surface area contributed by atoms with E-state index >= 15 is 0 Å². The molecule has 9 rings (SSSR count). The van der Waals surface area contributed by atoms with Crippen LogP contribution in [0.2, 0.25) is 0 Å². The summed E-state index contributed by atoms with van der Waals surface area (Å²) in [6, 6.07) is 0. The van der Waals surface area contributed by atoms with Crippen LogP contribution in [0.4, 0.5) is 0 Å². The Morgan fingerprint density at radius 1 is 0.694 bits per heavy atom. The van der Waals surface area contributed by atoms with Gasteiger partial charge in [0.25, 0.3) is 0 Å². The molecule has 0 aromatic heterocycles. The molecular weight excluding hydrogens is 949 g/mol. The van der Waals surface area contributed by atoms with Crippen molar-refractivity contribution in [1.82, 2.24) is 0 Å². The Morgan fingerprint density at radius 3 is 2.08 bits per heavy atom. The zero-order valence-corrected chi connectivity index (χ0v) is 41.9. The summed E-state index contributed by atoms with van der Waals surface area (Å²) in [6.45, 7) is 13.5. The van der Waals surface area contributed by atoms with Gasteiger partial charge < -0.3 is 99.2 Å². The normalized spacial score (nSPS) is 53.5. The molecule has 0 spiro atoms. The molecule has 72 heavy (non-hydrogen) atoms. The minimum atomic E-state index is -1.86. The first-order chi connectivity index (χ1) is 33.9. The van der Waals surface area contributed by atoms with Crippen molar-refractivity contribution in [3.63, 3.8) is 0 Å². The summed E-state index contributed by atoms with van der Waals surface area (Å²) >= 11 is 0. The first-order valence-corrected chi connectivity index (χ1v) is 26.1. The summed E-state index contributed by atoms with van der Waals surface area (Å²) in [5.74, 6) is 0.0955. The second kappa shape index (κ2) is 20.5. The molecule has 4 aliphatic heterocycles. The molecule has 0 aromatic carbocycles. The summed E-state index contributed by atoms with van der Waals surface area (Å²) in [5, 5.41) is 128. The van der Waals surface area contributed by atoms with Crippen LogP contribution in [0.5, 0.6) is 0 Å². The Labute approximate surface area is 419 Å². The van der Waals surface area contributed by atoms with Gasteiger partial charge in [0.1, 0.15) is 85.5 Å². The topological polar surface area (TPSA) is 334 Å². The standard InChI is InChI=1S/C51H80O21/c1-21-11-14-51(16-15-49(5)23-9-10-30-48(3,4)31(70-44-38(60)33(55)27(53)19-65-44)12-13-50(30,6)24(23)7-8-25(49)26(51)17-21)47(64)72-46-40(62)36(58)34(56)29(69-46)20-66-43-41(63)37(59)42(28(18-52)68-43)71-45-39(61)35(57)32(54)22(2)67-45/h8,22-24,26-46,52-63H,1,7,9-20H2,2-6H3. The molecule has 21 nitrogen and oxygen atoms in total. The van der Waals surface area contributed by atoms with Gasteiger partial charge in [-0.05, 0) is 105 Å². The van der Waals surface area contributed by atoms with Crippen molar-refractivity contribution in [1.29, 1.82) is 0 Å². The smallest absolute Gasteiger partial charge is 0.315 e. The third kappa shape index (κ3) is 9.17. The van der Waals surface area contributed by atoms with Crippen LogP contribution in [0.1, 0.15) is 98.8 Å². The number of carbonyl (C=O) groups is 1. The molecular formula is C51H80O21. The van der Waals surface area contributed by atoms with E-state index in [4.69, 9.17) is 37.9 Å². The number of hydrogen-bond donors (Lipinski definition) is 12. The maximum absolute atomic E-state index is 14.9. The van der Waals surface area contributed by atoms with Gasteiger partial charge in [-0.2, -0.15) is 0 Å². The highest BCUT2D eigenvalue weighted by Crippen LogP contribution is 2.71. The minimum Gasteiger partial charge on any atom is -0.432 e. The summed E-state index contributed by atoms with van der Waals surface area (Å²) in [5.41, 5.74) is 0.647. The van der Waals surface area contributed by atoms with E-state index in [1.165, 1.54) is 12.5 Å². The highest BCUT2D eigenvalue weighted by atomic mass is 16.8. The van der Waals surface area contributed by atoms with Crippen molar-refractivity contribution in [2.24, 2.45) is 45.3 Å². The minimum absolute atomic E-state index is 0.0498. The number of fused-ring (bicyclic) bond motifs is 7. The van der Waals surface area contributed by atoms with Crippen molar-refractivity contribution in [3.8, 4) is 0 Å². The van der Waals surface area contributed by atoms with Crippen LogP contribution in [0.25, 0.3) is 0 Å². The SMILES string of the molecule is C=C1CCC2(C(=O)OC3OC(COC4OC(CO)C(OC5OC(C)C(O)C(O)C5O)C(O)C4O)C(O)C(O)C3O)CCC3(C)C(=CCC4C3CCC3C(C)(C)C(OC5OCC(O)C(O)C5O)CCC43C)C2C1. The number of hydrogen-bond acceptors (Lipinski definition) is 21. The fourth-order valence-electron chi connectivity index (χ4n) is 15.2. The average Bonchev–Trinajstić information content (AvgIpc) is 3.34. The van der Waals surface area contributed by atoms with Crippen LogP contribution in [0, 0.1) is 45.3 Å². The van der Waals surface area contributed by atoms with E-state index in [2.05, 4.69) is 40.3 Å². The van der Waals surface area contributed by atoms with E-state index < -0.39 is 141 Å². The Kier molecular flexibility index (Phi) is 15.7. The maximum Gasteiger partial charge on any atom is 0.315 e. The molecule has 0 radical (unpaired) electrons. The lowest BCUT2D eigenvalue weighted by molar-refractivity contribution is -0.361. The summed E-state index contributed by atoms with van der Waals surface area (Å²) in [7, 11) is 0. The average molecular weight is 1030 g/mol. The van der Waals surface area contributed by atoms with Gasteiger partial charge in [0.2, 0.25) is 6.29 Å². The number of ether oxygens (including phenoxy) is 8. The van der Waals surface area contributed by atoms with E-state index in [9.17, 15) is 66.1 Å². The Bertz CT molecular complexity index is 1990. The molecule has 410 valence electrons. The van der Waals surface area contributed by atoms with Crippen LogP contribution in [0.15, 0.2) is 23.8 Å². The highest BCUT2D eigenvalue weighted by Gasteiger charge is 2.66. The number of esters is 1. The Balaban J connectivity index is 0.867. The molecule has 8 fully saturated rings. The number of carbonyl (C=O) groups excluding carboxylic acids is 1. The first kappa shape index (κ1) is 55.0. The number of aliphatic hydroxyl groups is 12. The maximum atomic E-state index is 14.9. The molecule has 12 N–H and O–H groups in total. The second-order valence-corrected chi connectivity index (χ2v) is 23.8. The van der Waals surface area contributed by atoms with E-state index in [-0.39, 0.29) is 40.8 Å². The van der Waals surface area contributed by atoms with Crippen molar-refractivity contribution in [3.05, 3.63) is 23.8 Å². The molecule has 4 heterocycles. The lowest BCUT2D eigenvalue weighted by Gasteiger charge is -2.67. The third-order valence-electron chi connectivity index (χ3n) is 19.6. The number of rotatable bonds is 10. The fraction of sp³-hybridized carbons (Fsp3) is 0.902. The van der Waals surface area contributed by atoms with Gasteiger partial charge in [-0.3, -0.25) is 4.79 Å². The van der Waals surface area contributed by atoms with E-state index in [0.717, 1.165) is 37.7 Å². The summed E-state index contributed by atoms with van der Waals surface area (Å²) < 4.78 is 46.8. The van der Waals surface area contributed by atoms with Gasteiger partial charge in [0.15, 0.2) is 18.9 Å². The predicted molar refractivity (Wildman–Crippen MR) is 246 cm³/mol. The zero-order valence-electron chi connectivity index (χ0n) is 41.9. The lowest BCUT2D eigenvalue weighted by Crippen LogP contribution is -2.64. The van der Waals surface area contributed by atoms with Crippen LogP contribution in [0.3, 0.4) is 0 Å². The fourth-order valence-corrected chi connectivity index (χ4v) is 15.2. The molecule has 21 heteroatoms. The number of aliphatic hydroxyl groups excluding tert-OH is 12. The number of allylic oxidation sites excluding steroid dienone is 3. The Morgan fingerprint density at radius 2 is 1.36 bits per heavy atom. The monoisotopic (exact) mass is 1030 g/mol. The van der Waals surface area contributed by atoms with Crippen LogP contribution >= 0.6 is 0 Å². The highest BCUT2D eigenvalue weighted by molar-refractivity contribution is 5.79.